The normalized spacial score (nSPS) is 12.5. The van der Waals surface area contributed by atoms with E-state index in [4.69, 9.17) is 5.11 Å². The summed E-state index contributed by atoms with van der Waals surface area (Å²) in [6, 6.07) is 3.51. The van der Waals surface area contributed by atoms with Crippen LogP contribution in [0.3, 0.4) is 0 Å². The molecule has 0 aliphatic carbocycles. The summed E-state index contributed by atoms with van der Waals surface area (Å²) >= 11 is 3.27. The highest BCUT2D eigenvalue weighted by Crippen LogP contribution is 2.36. The third kappa shape index (κ3) is 2.31. The first-order chi connectivity index (χ1) is 6.99. The summed E-state index contributed by atoms with van der Waals surface area (Å²) in [7, 11) is 0. The zero-order valence-electron chi connectivity index (χ0n) is 8.62. The minimum absolute atomic E-state index is 0.0682. The first-order valence-electron chi connectivity index (χ1n) is 4.69. The largest absolute Gasteiger partial charge is 0.507 e. The van der Waals surface area contributed by atoms with E-state index in [0.717, 1.165) is 0 Å². The number of phenolic OH excluding ortho intramolecular Hbond substituents is 1. The molecule has 1 atom stereocenters. The first-order valence-corrected chi connectivity index (χ1v) is 5.49. The Kier molecular flexibility index (Phi) is 3.74. The maximum absolute atomic E-state index is 11.0. The Morgan fingerprint density at radius 1 is 1.53 bits per heavy atom. The van der Waals surface area contributed by atoms with Crippen molar-refractivity contribution in [2.24, 2.45) is 0 Å². The zero-order valence-corrected chi connectivity index (χ0v) is 10.2. The Balaban J connectivity index is 3.34. The van der Waals surface area contributed by atoms with Crippen molar-refractivity contribution in [2.45, 2.75) is 26.2 Å². The van der Waals surface area contributed by atoms with Crippen LogP contribution in [0.2, 0.25) is 0 Å². The number of aliphatic carboxylic acids is 1. The number of aryl methyl sites for hydroxylation is 1. The van der Waals surface area contributed by atoms with Gasteiger partial charge >= 0.3 is 5.97 Å². The van der Waals surface area contributed by atoms with E-state index < -0.39 is 11.9 Å². The van der Waals surface area contributed by atoms with Gasteiger partial charge < -0.3 is 10.2 Å². The zero-order chi connectivity index (χ0) is 11.6. The highest BCUT2D eigenvalue weighted by Gasteiger charge is 2.24. The van der Waals surface area contributed by atoms with E-state index in [2.05, 4.69) is 15.9 Å². The molecular weight excluding hydrogens is 260 g/mol. The molecule has 0 saturated heterocycles. The van der Waals surface area contributed by atoms with Crippen LogP contribution in [0, 0.1) is 6.92 Å². The van der Waals surface area contributed by atoms with Crippen LogP contribution in [-0.2, 0) is 4.79 Å². The molecule has 0 saturated carbocycles. The van der Waals surface area contributed by atoms with E-state index in [0.29, 0.717) is 22.0 Å². The van der Waals surface area contributed by atoms with E-state index in [1.807, 2.05) is 0 Å². The molecule has 0 radical (unpaired) electrons. The van der Waals surface area contributed by atoms with Gasteiger partial charge in [-0.05, 0) is 25.0 Å². The van der Waals surface area contributed by atoms with Crippen LogP contribution < -0.4 is 0 Å². The number of halogens is 1. The van der Waals surface area contributed by atoms with Crippen molar-refractivity contribution >= 4 is 21.9 Å². The molecule has 0 heterocycles. The number of aromatic hydroxyl groups is 1. The summed E-state index contributed by atoms with van der Waals surface area (Å²) in [4.78, 5) is 11.0. The van der Waals surface area contributed by atoms with Gasteiger partial charge in [-0.25, -0.2) is 0 Å². The number of rotatable bonds is 3. The lowest BCUT2D eigenvalue weighted by Crippen LogP contribution is -2.11. The molecule has 0 aliphatic heterocycles. The Hall–Kier alpha value is -1.03. The Labute approximate surface area is 96.9 Å². The van der Waals surface area contributed by atoms with Crippen LogP contribution in [0.5, 0.6) is 5.75 Å². The summed E-state index contributed by atoms with van der Waals surface area (Å²) in [5.74, 6) is -1.52. The number of carboxylic acid groups (broad SMARTS) is 1. The minimum Gasteiger partial charge on any atom is -0.507 e. The van der Waals surface area contributed by atoms with Gasteiger partial charge in [-0.1, -0.05) is 28.9 Å². The second kappa shape index (κ2) is 4.66. The molecule has 0 fully saturated rings. The predicted molar refractivity (Wildman–Crippen MR) is 61.2 cm³/mol. The summed E-state index contributed by atoms with van der Waals surface area (Å²) < 4.78 is 0.639. The molecule has 1 aromatic rings. The van der Waals surface area contributed by atoms with Crippen LogP contribution in [0.15, 0.2) is 16.6 Å². The van der Waals surface area contributed by atoms with Gasteiger partial charge in [-0.2, -0.15) is 0 Å². The lowest BCUT2D eigenvalue weighted by Gasteiger charge is -2.15. The SMILES string of the molecule is CCC(C(=O)O)c1c(Br)ccc(C)c1O. The van der Waals surface area contributed by atoms with Crippen molar-refractivity contribution in [3.05, 3.63) is 27.7 Å². The standard InChI is InChI=1S/C11H13BrO3/c1-3-7(11(14)15)9-8(12)5-4-6(2)10(9)13/h4-5,7,13H,3H2,1-2H3,(H,14,15). The number of carbonyl (C=O) groups is 1. The Bertz CT molecular complexity index is 388. The number of hydrogen-bond acceptors (Lipinski definition) is 2. The topological polar surface area (TPSA) is 57.5 Å². The fraction of sp³-hybridized carbons (Fsp3) is 0.364. The molecule has 1 aromatic carbocycles. The number of carboxylic acids is 1. The van der Waals surface area contributed by atoms with Crippen molar-refractivity contribution in [3.63, 3.8) is 0 Å². The van der Waals surface area contributed by atoms with E-state index in [-0.39, 0.29) is 5.75 Å². The van der Waals surface area contributed by atoms with Crippen molar-refractivity contribution in [1.29, 1.82) is 0 Å². The second-order valence-electron chi connectivity index (χ2n) is 3.43. The van der Waals surface area contributed by atoms with Gasteiger partial charge in [-0.15, -0.1) is 0 Å². The van der Waals surface area contributed by atoms with Crippen molar-refractivity contribution in [2.75, 3.05) is 0 Å². The van der Waals surface area contributed by atoms with Crippen molar-refractivity contribution < 1.29 is 15.0 Å². The van der Waals surface area contributed by atoms with Gasteiger partial charge in [0.1, 0.15) is 5.75 Å². The molecule has 0 amide bonds. The van der Waals surface area contributed by atoms with Gasteiger partial charge in [-0.3, -0.25) is 4.79 Å². The molecular formula is C11H13BrO3. The summed E-state index contributed by atoms with van der Waals surface area (Å²) in [6.45, 7) is 3.53. The Morgan fingerprint density at radius 2 is 2.13 bits per heavy atom. The summed E-state index contributed by atoms with van der Waals surface area (Å²) in [5.41, 5.74) is 1.15. The highest BCUT2D eigenvalue weighted by atomic mass is 79.9. The second-order valence-corrected chi connectivity index (χ2v) is 4.28. The molecule has 2 N–H and O–H groups in total. The molecule has 1 unspecified atom stereocenters. The highest BCUT2D eigenvalue weighted by molar-refractivity contribution is 9.10. The van der Waals surface area contributed by atoms with Gasteiger partial charge in [0, 0.05) is 10.0 Å². The lowest BCUT2D eigenvalue weighted by molar-refractivity contribution is -0.138. The van der Waals surface area contributed by atoms with Crippen molar-refractivity contribution in [3.8, 4) is 5.75 Å². The molecule has 3 nitrogen and oxygen atoms in total. The average Bonchev–Trinajstić information content (AvgIpc) is 2.18. The third-order valence-corrected chi connectivity index (χ3v) is 3.11. The number of hydrogen-bond donors (Lipinski definition) is 2. The molecule has 0 aromatic heterocycles. The molecule has 4 heteroatoms. The predicted octanol–water partition coefficient (Wildman–Crippen LogP) is 3.04. The van der Waals surface area contributed by atoms with E-state index >= 15 is 0 Å². The van der Waals surface area contributed by atoms with Gasteiger partial charge in [0.2, 0.25) is 0 Å². The van der Waals surface area contributed by atoms with Gasteiger partial charge in [0.25, 0.3) is 0 Å². The van der Waals surface area contributed by atoms with E-state index in [9.17, 15) is 9.90 Å². The monoisotopic (exact) mass is 272 g/mol. The molecule has 0 bridgehead atoms. The summed E-state index contributed by atoms with van der Waals surface area (Å²) in [6.07, 6.45) is 0.449. The summed E-state index contributed by atoms with van der Waals surface area (Å²) in [5, 5.41) is 18.9. The van der Waals surface area contributed by atoms with Gasteiger partial charge in [0.15, 0.2) is 0 Å². The lowest BCUT2D eigenvalue weighted by atomic mass is 9.94. The van der Waals surface area contributed by atoms with Crippen molar-refractivity contribution in [1.82, 2.24) is 0 Å². The smallest absolute Gasteiger partial charge is 0.311 e. The molecule has 0 spiro atoms. The maximum atomic E-state index is 11.0. The molecule has 1 rings (SSSR count). The van der Waals surface area contributed by atoms with Crippen LogP contribution in [0.25, 0.3) is 0 Å². The van der Waals surface area contributed by atoms with Crippen LogP contribution in [-0.4, -0.2) is 16.2 Å². The first kappa shape index (κ1) is 12.0. The fourth-order valence-corrected chi connectivity index (χ4v) is 2.12. The molecule has 15 heavy (non-hydrogen) atoms. The van der Waals surface area contributed by atoms with Crippen LogP contribution in [0.1, 0.15) is 30.4 Å². The fourth-order valence-electron chi connectivity index (χ4n) is 1.53. The third-order valence-electron chi connectivity index (χ3n) is 2.42. The minimum atomic E-state index is -0.917. The van der Waals surface area contributed by atoms with Crippen LogP contribution >= 0.6 is 15.9 Å². The quantitative estimate of drug-likeness (QED) is 0.889. The van der Waals surface area contributed by atoms with Gasteiger partial charge in [0.05, 0.1) is 5.92 Å². The maximum Gasteiger partial charge on any atom is 0.311 e. The number of benzene rings is 1. The van der Waals surface area contributed by atoms with Crippen LogP contribution in [0.4, 0.5) is 0 Å². The van der Waals surface area contributed by atoms with E-state index in [1.54, 1.807) is 26.0 Å². The average molecular weight is 273 g/mol. The molecule has 0 aliphatic rings. The Morgan fingerprint density at radius 3 is 2.60 bits per heavy atom. The van der Waals surface area contributed by atoms with E-state index in [1.165, 1.54) is 0 Å². The molecule has 82 valence electrons. The number of phenols is 1.